The number of ether oxygens (including phenoxy) is 1. The van der Waals surface area contributed by atoms with Crippen molar-refractivity contribution < 1.29 is 9.13 Å². The third-order valence-corrected chi connectivity index (χ3v) is 2.68. The molecule has 0 spiro atoms. The maximum absolute atomic E-state index is 14.1. The number of methoxy groups -OCH3 is 1. The van der Waals surface area contributed by atoms with Gasteiger partial charge in [-0.25, -0.2) is 4.39 Å². The lowest BCUT2D eigenvalue weighted by molar-refractivity contribution is 0.276. The van der Waals surface area contributed by atoms with Gasteiger partial charge in [0.1, 0.15) is 0 Å². The third kappa shape index (κ3) is 2.53. The van der Waals surface area contributed by atoms with Crippen molar-refractivity contribution in [3.05, 3.63) is 29.6 Å². The molecule has 16 heavy (non-hydrogen) atoms. The number of rotatable bonds is 3. The maximum atomic E-state index is 14.1. The standard InChI is InChI=1S/C13H20FNO/c1-13(2,3)12(15-4)9-7-6-8-10(16-5)11(9)14/h6-8,12,15H,1-5H3. The predicted molar refractivity (Wildman–Crippen MR) is 64.2 cm³/mol. The minimum absolute atomic E-state index is 0.0393. The van der Waals surface area contributed by atoms with E-state index in [2.05, 4.69) is 26.1 Å². The van der Waals surface area contributed by atoms with Gasteiger partial charge in [0.15, 0.2) is 11.6 Å². The van der Waals surface area contributed by atoms with Crippen molar-refractivity contribution in [1.29, 1.82) is 0 Å². The molecule has 0 fully saturated rings. The highest BCUT2D eigenvalue weighted by Crippen LogP contribution is 2.35. The van der Waals surface area contributed by atoms with Crippen LogP contribution in [0.5, 0.6) is 5.75 Å². The Bertz CT molecular complexity index is 357. The van der Waals surface area contributed by atoms with E-state index < -0.39 is 0 Å². The van der Waals surface area contributed by atoms with Crippen LogP contribution in [0.4, 0.5) is 4.39 Å². The first kappa shape index (κ1) is 13.0. The summed E-state index contributed by atoms with van der Waals surface area (Å²) < 4.78 is 19.1. The molecule has 0 heterocycles. The van der Waals surface area contributed by atoms with Gasteiger partial charge in [-0.05, 0) is 18.5 Å². The van der Waals surface area contributed by atoms with E-state index in [0.29, 0.717) is 11.3 Å². The van der Waals surface area contributed by atoms with Crippen molar-refractivity contribution in [3.63, 3.8) is 0 Å². The van der Waals surface area contributed by atoms with Crippen molar-refractivity contribution in [2.24, 2.45) is 5.41 Å². The van der Waals surface area contributed by atoms with Crippen LogP contribution in [0.1, 0.15) is 32.4 Å². The molecule has 90 valence electrons. The van der Waals surface area contributed by atoms with Crippen LogP contribution in [-0.4, -0.2) is 14.2 Å². The molecule has 0 radical (unpaired) electrons. The van der Waals surface area contributed by atoms with Crippen molar-refractivity contribution in [3.8, 4) is 5.75 Å². The van der Waals surface area contributed by atoms with E-state index >= 15 is 0 Å². The average molecular weight is 225 g/mol. The SMILES string of the molecule is CNC(c1cccc(OC)c1F)C(C)(C)C. The average Bonchev–Trinajstić information content (AvgIpc) is 2.19. The lowest BCUT2D eigenvalue weighted by atomic mass is 9.82. The van der Waals surface area contributed by atoms with Crippen LogP contribution in [0.15, 0.2) is 18.2 Å². The molecule has 0 saturated heterocycles. The lowest BCUT2D eigenvalue weighted by Crippen LogP contribution is -2.30. The Morgan fingerprint density at radius 3 is 2.38 bits per heavy atom. The van der Waals surface area contributed by atoms with E-state index in [1.807, 2.05) is 13.1 Å². The fourth-order valence-electron chi connectivity index (χ4n) is 1.96. The zero-order chi connectivity index (χ0) is 12.3. The number of benzene rings is 1. The van der Waals surface area contributed by atoms with Gasteiger partial charge in [0.2, 0.25) is 0 Å². The number of hydrogen-bond acceptors (Lipinski definition) is 2. The van der Waals surface area contributed by atoms with E-state index in [0.717, 1.165) is 0 Å². The van der Waals surface area contributed by atoms with E-state index in [-0.39, 0.29) is 17.3 Å². The number of hydrogen-bond donors (Lipinski definition) is 1. The summed E-state index contributed by atoms with van der Waals surface area (Å²) >= 11 is 0. The van der Waals surface area contributed by atoms with Gasteiger partial charge in [0, 0.05) is 11.6 Å². The monoisotopic (exact) mass is 225 g/mol. The van der Waals surface area contributed by atoms with Gasteiger partial charge < -0.3 is 10.1 Å². The number of nitrogens with one attached hydrogen (secondary N) is 1. The molecular formula is C13H20FNO. The number of halogens is 1. The van der Waals surface area contributed by atoms with E-state index in [9.17, 15) is 4.39 Å². The fourth-order valence-corrected chi connectivity index (χ4v) is 1.96. The molecule has 2 nitrogen and oxygen atoms in total. The van der Waals surface area contributed by atoms with Crippen LogP contribution in [-0.2, 0) is 0 Å². The summed E-state index contributed by atoms with van der Waals surface area (Å²) in [7, 11) is 3.32. The van der Waals surface area contributed by atoms with Gasteiger partial charge in [0.05, 0.1) is 7.11 Å². The lowest BCUT2D eigenvalue weighted by Gasteiger charge is -2.31. The molecule has 1 aromatic carbocycles. The van der Waals surface area contributed by atoms with Crippen LogP contribution < -0.4 is 10.1 Å². The normalized spacial score (nSPS) is 13.6. The van der Waals surface area contributed by atoms with Gasteiger partial charge >= 0.3 is 0 Å². The maximum Gasteiger partial charge on any atom is 0.169 e. The Kier molecular flexibility index (Phi) is 3.92. The van der Waals surface area contributed by atoms with E-state index in [1.165, 1.54) is 7.11 Å². The molecule has 0 aliphatic rings. The van der Waals surface area contributed by atoms with Crippen LogP contribution in [0, 0.1) is 11.2 Å². The van der Waals surface area contributed by atoms with Gasteiger partial charge in [-0.1, -0.05) is 32.9 Å². The van der Waals surface area contributed by atoms with Crippen molar-refractivity contribution in [2.45, 2.75) is 26.8 Å². The zero-order valence-corrected chi connectivity index (χ0v) is 10.6. The van der Waals surface area contributed by atoms with E-state index in [1.54, 1.807) is 12.1 Å². The zero-order valence-electron chi connectivity index (χ0n) is 10.6. The molecule has 1 atom stereocenters. The Labute approximate surface area is 96.8 Å². The third-order valence-electron chi connectivity index (χ3n) is 2.68. The summed E-state index contributed by atoms with van der Waals surface area (Å²) in [5.41, 5.74) is 0.594. The van der Waals surface area contributed by atoms with Crippen molar-refractivity contribution in [1.82, 2.24) is 5.32 Å². The second-order valence-electron chi connectivity index (χ2n) is 4.95. The summed E-state index contributed by atoms with van der Waals surface area (Å²) in [5, 5.41) is 3.15. The highest BCUT2D eigenvalue weighted by Gasteiger charge is 2.27. The molecule has 0 aromatic heterocycles. The van der Waals surface area contributed by atoms with Crippen LogP contribution in [0.3, 0.4) is 0 Å². The molecular weight excluding hydrogens is 205 g/mol. The van der Waals surface area contributed by atoms with E-state index in [4.69, 9.17) is 4.74 Å². The summed E-state index contributed by atoms with van der Waals surface area (Å²) in [4.78, 5) is 0. The highest BCUT2D eigenvalue weighted by atomic mass is 19.1. The molecule has 1 unspecified atom stereocenters. The minimum Gasteiger partial charge on any atom is -0.494 e. The van der Waals surface area contributed by atoms with Crippen molar-refractivity contribution in [2.75, 3.05) is 14.2 Å². The first-order chi connectivity index (χ1) is 7.41. The molecule has 1 N–H and O–H groups in total. The van der Waals surface area contributed by atoms with Gasteiger partial charge in [-0.2, -0.15) is 0 Å². The summed E-state index contributed by atoms with van der Waals surface area (Å²) in [6, 6.07) is 5.20. The topological polar surface area (TPSA) is 21.3 Å². The fraction of sp³-hybridized carbons (Fsp3) is 0.538. The Balaban J connectivity index is 3.21. The molecule has 1 aromatic rings. The Morgan fingerprint density at radius 1 is 1.31 bits per heavy atom. The summed E-state index contributed by atoms with van der Waals surface area (Å²) in [5.74, 6) is 0.0151. The van der Waals surface area contributed by atoms with Crippen molar-refractivity contribution >= 4 is 0 Å². The quantitative estimate of drug-likeness (QED) is 0.853. The summed E-state index contributed by atoms with van der Waals surface area (Å²) in [6.45, 7) is 6.23. The summed E-state index contributed by atoms with van der Waals surface area (Å²) in [6.07, 6.45) is 0. The first-order valence-corrected chi connectivity index (χ1v) is 5.41. The first-order valence-electron chi connectivity index (χ1n) is 5.41. The Hall–Kier alpha value is -1.09. The molecule has 0 amide bonds. The van der Waals surface area contributed by atoms with Gasteiger partial charge in [-0.3, -0.25) is 0 Å². The molecule has 0 aliphatic heterocycles. The molecule has 0 saturated carbocycles. The highest BCUT2D eigenvalue weighted by molar-refractivity contribution is 5.33. The second kappa shape index (κ2) is 4.83. The molecule has 3 heteroatoms. The smallest absolute Gasteiger partial charge is 0.169 e. The van der Waals surface area contributed by atoms with Gasteiger partial charge in [0.25, 0.3) is 0 Å². The second-order valence-corrected chi connectivity index (χ2v) is 4.95. The van der Waals surface area contributed by atoms with Gasteiger partial charge in [-0.15, -0.1) is 0 Å². The molecule has 1 rings (SSSR count). The molecule has 0 aliphatic carbocycles. The van der Waals surface area contributed by atoms with Crippen LogP contribution in [0.25, 0.3) is 0 Å². The van der Waals surface area contributed by atoms with Crippen LogP contribution in [0.2, 0.25) is 0 Å². The predicted octanol–water partition coefficient (Wildman–Crippen LogP) is 3.14. The largest absolute Gasteiger partial charge is 0.494 e. The minimum atomic E-state index is -0.278. The van der Waals surface area contributed by atoms with Crippen LogP contribution >= 0.6 is 0 Å². The molecule has 0 bridgehead atoms. The Morgan fingerprint density at radius 2 is 1.94 bits per heavy atom.